The third kappa shape index (κ3) is 5.80. The Morgan fingerprint density at radius 3 is 1.90 bits per heavy atom. The SMILES string of the molecule is COC(=O)C(Oc1ccc(C(C)(C)C)cc1)c1ccc(Sc2ccc(Cl)cc2)cc1. The minimum atomic E-state index is -0.829. The van der Waals surface area contributed by atoms with Crippen LogP contribution in [-0.4, -0.2) is 13.1 Å². The molecule has 0 aliphatic carbocycles. The summed E-state index contributed by atoms with van der Waals surface area (Å²) in [6.07, 6.45) is -0.829. The standard InChI is InChI=1S/C25H25ClO3S/c1-25(2,3)18-7-11-20(12-8-18)29-23(24(27)28-4)17-5-13-21(14-6-17)30-22-15-9-19(26)10-16-22/h5-16,23H,1-4H3. The highest BCUT2D eigenvalue weighted by atomic mass is 35.5. The first-order valence-electron chi connectivity index (χ1n) is 9.65. The summed E-state index contributed by atoms with van der Waals surface area (Å²) in [6, 6.07) is 23.2. The summed E-state index contributed by atoms with van der Waals surface area (Å²) >= 11 is 7.57. The Labute approximate surface area is 187 Å². The number of benzene rings is 3. The van der Waals surface area contributed by atoms with Crippen LogP contribution in [0.5, 0.6) is 5.75 Å². The van der Waals surface area contributed by atoms with E-state index in [9.17, 15) is 4.79 Å². The lowest BCUT2D eigenvalue weighted by Crippen LogP contribution is -2.20. The topological polar surface area (TPSA) is 35.5 Å². The van der Waals surface area contributed by atoms with E-state index in [0.717, 1.165) is 15.4 Å². The minimum Gasteiger partial charge on any atom is -0.474 e. The molecule has 3 aromatic carbocycles. The Kier molecular flexibility index (Phi) is 7.11. The maximum atomic E-state index is 12.4. The van der Waals surface area contributed by atoms with Gasteiger partial charge in [0, 0.05) is 20.4 Å². The fourth-order valence-corrected chi connectivity index (χ4v) is 3.82. The van der Waals surface area contributed by atoms with Crippen LogP contribution in [0.15, 0.2) is 82.6 Å². The molecule has 3 nitrogen and oxygen atoms in total. The van der Waals surface area contributed by atoms with Crippen LogP contribution in [0, 0.1) is 0 Å². The van der Waals surface area contributed by atoms with Gasteiger partial charge >= 0.3 is 5.97 Å². The predicted molar refractivity (Wildman–Crippen MR) is 123 cm³/mol. The van der Waals surface area contributed by atoms with Crippen molar-refractivity contribution in [3.63, 3.8) is 0 Å². The molecule has 0 aliphatic rings. The van der Waals surface area contributed by atoms with E-state index in [0.29, 0.717) is 10.8 Å². The molecule has 0 heterocycles. The molecule has 0 spiro atoms. The molecule has 1 unspecified atom stereocenters. The quantitative estimate of drug-likeness (QED) is 0.383. The summed E-state index contributed by atoms with van der Waals surface area (Å²) in [6.45, 7) is 6.47. The Morgan fingerprint density at radius 1 is 0.867 bits per heavy atom. The summed E-state index contributed by atoms with van der Waals surface area (Å²) < 4.78 is 11.0. The molecular formula is C25H25ClO3S. The van der Waals surface area contributed by atoms with Crippen LogP contribution in [0.3, 0.4) is 0 Å². The lowest BCUT2D eigenvalue weighted by Gasteiger charge is -2.21. The van der Waals surface area contributed by atoms with Crippen LogP contribution in [0.2, 0.25) is 5.02 Å². The van der Waals surface area contributed by atoms with Gasteiger partial charge in [0.1, 0.15) is 5.75 Å². The summed E-state index contributed by atoms with van der Waals surface area (Å²) in [5, 5.41) is 0.711. The van der Waals surface area contributed by atoms with Gasteiger partial charge in [-0.15, -0.1) is 0 Å². The van der Waals surface area contributed by atoms with Gasteiger partial charge in [-0.1, -0.05) is 68.4 Å². The summed E-state index contributed by atoms with van der Waals surface area (Å²) in [4.78, 5) is 14.5. The normalized spacial score (nSPS) is 12.3. The largest absolute Gasteiger partial charge is 0.474 e. The van der Waals surface area contributed by atoms with Crippen molar-refractivity contribution in [2.24, 2.45) is 0 Å². The number of carbonyl (C=O) groups is 1. The molecule has 0 fully saturated rings. The minimum absolute atomic E-state index is 0.0534. The molecule has 1 atom stereocenters. The van der Waals surface area contributed by atoms with E-state index >= 15 is 0 Å². The van der Waals surface area contributed by atoms with Crippen LogP contribution < -0.4 is 4.74 Å². The smallest absolute Gasteiger partial charge is 0.351 e. The number of hydrogen-bond acceptors (Lipinski definition) is 4. The molecule has 156 valence electrons. The fraction of sp³-hybridized carbons (Fsp3) is 0.240. The Hall–Kier alpha value is -2.43. The maximum absolute atomic E-state index is 12.4. The monoisotopic (exact) mass is 440 g/mol. The van der Waals surface area contributed by atoms with Gasteiger partial charge in [-0.3, -0.25) is 0 Å². The highest BCUT2D eigenvalue weighted by Crippen LogP contribution is 2.31. The third-order valence-corrected chi connectivity index (χ3v) is 5.89. The first-order valence-corrected chi connectivity index (χ1v) is 10.8. The number of carbonyl (C=O) groups excluding carboxylic acids is 1. The van der Waals surface area contributed by atoms with Crippen molar-refractivity contribution in [1.82, 2.24) is 0 Å². The Morgan fingerprint density at radius 2 is 1.40 bits per heavy atom. The third-order valence-electron chi connectivity index (χ3n) is 4.62. The van der Waals surface area contributed by atoms with Gasteiger partial charge in [0.2, 0.25) is 6.10 Å². The van der Waals surface area contributed by atoms with Gasteiger partial charge in [0.05, 0.1) is 7.11 Å². The zero-order valence-electron chi connectivity index (χ0n) is 17.5. The maximum Gasteiger partial charge on any atom is 0.351 e. The lowest BCUT2D eigenvalue weighted by atomic mass is 9.87. The van der Waals surface area contributed by atoms with Crippen molar-refractivity contribution in [2.45, 2.75) is 42.1 Å². The van der Waals surface area contributed by atoms with Crippen LogP contribution in [0.1, 0.15) is 38.0 Å². The summed E-state index contributed by atoms with van der Waals surface area (Å²) in [5.74, 6) is 0.186. The molecule has 0 saturated carbocycles. The zero-order valence-corrected chi connectivity index (χ0v) is 19.1. The number of halogens is 1. The molecule has 0 amide bonds. The van der Waals surface area contributed by atoms with E-state index in [-0.39, 0.29) is 5.41 Å². The predicted octanol–water partition coefficient (Wildman–Crippen LogP) is 7.08. The average Bonchev–Trinajstić information content (AvgIpc) is 2.73. The molecule has 0 radical (unpaired) electrons. The molecule has 30 heavy (non-hydrogen) atoms. The van der Waals surface area contributed by atoms with E-state index in [1.165, 1.54) is 12.7 Å². The Bertz CT molecular complexity index is 975. The van der Waals surface area contributed by atoms with Gasteiger partial charge < -0.3 is 9.47 Å². The van der Waals surface area contributed by atoms with Crippen LogP contribution in [0.4, 0.5) is 0 Å². The van der Waals surface area contributed by atoms with Gasteiger partial charge in [-0.25, -0.2) is 4.79 Å². The molecule has 0 saturated heterocycles. The van der Waals surface area contributed by atoms with E-state index in [2.05, 4.69) is 20.8 Å². The first kappa shape index (κ1) is 22.3. The van der Waals surface area contributed by atoms with Crippen LogP contribution >= 0.6 is 23.4 Å². The molecule has 3 aromatic rings. The zero-order chi connectivity index (χ0) is 21.7. The van der Waals surface area contributed by atoms with E-state index in [4.69, 9.17) is 21.1 Å². The van der Waals surface area contributed by atoms with E-state index < -0.39 is 12.1 Å². The molecule has 0 aliphatic heterocycles. The van der Waals surface area contributed by atoms with Crippen molar-refractivity contribution in [3.8, 4) is 5.75 Å². The number of esters is 1. The van der Waals surface area contributed by atoms with Crippen LogP contribution in [-0.2, 0) is 14.9 Å². The lowest BCUT2D eigenvalue weighted by molar-refractivity contribution is -0.149. The number of rotatable bonds is 6. The summed E-state index contributed by atoms with van der Waals surface area (Å²) in [5.41, 5.74) is 1.99. The number of methoxy groups -OCH3 is 1. The van der Waals surface area contributed by atoms with Gasteiger partial charge in [-0.05, 0) is 59.5 Å². The van der Waals surface area contributed by atoms with Crippen molar-refractivity contribution < 1.29 is 14.3 Å². The summed E-state index contributed by atoms with van der Waals surface area (Å²) in [7, 11) is 1.37. The fourth-order valence-electron chi connectivity index (χ4n) is 2.88. The van der Waals surface area contributed by atoms with E-state index in [1.54, 1.807) is 11.8 Å². The number of hydrogen-bond donors (Lipinski definition) is 0. The van der Waals surface area contributed by atoms with E-state index in [1.807, 2.05) is 72.8 Å². The second-order valence-corrected chi connectivity index (χ2v) is 9.50. The van der Waals surface area contributed by atoms with Gasteiger partial charge in [0.15, 0.2) is 0 Å². The van der Waals surface area contributed by atoms with Crippen molar-refractivity contribution in [2.75, 3.05) is 7.11 Å². The van der Waals surface area contributed by atoms with Crippen molar-refractivity contribution in [1.29, 1.82) is 0 Å². The number of ether oxygens (including phenoxy) is 2. The Balaban J connectivity index is 1.76. The average molecular weight is 441 g/mol. The van der Waals surface area contributed by atoms with Crippen LogP contribution in [0.25, 0.3) is 0 Å². The molecule has 5 heteroatoms. The second kappa shape index (κ2) is 9.59. The highest BCUT2D eigenvalue weighted by Gasteiger charge is 2.24. The molecule has 0 N–H and O–H groups in total. The van der Waals surface area contributed by atoms with Crippen molar-refractivity contribution >= 4 is 29.3 Å². The molecule has 0 aromatic heterocycles. The first-order chi connectivity index (χ1) is 14.3. The van der Waals surface area contributed by atoms with Crippen molar-refractivity contribution in [3.05, 3.63) is 88.9 Å². The molecule has 3 rings (SSSR count). The van der Waals surface area contributed by atoms with Gasteiger partial charge in [0.25, 0.3) is 0 Å². The molecular weight excluding hydrogens is 416 g/mol. The highest BCUT2D eigenvalue weighted by molar-refractivity contribution is 7.99. The van der Waals surface area contributed by atoms with Gasteiger partial charge in [-0.2, -0.15) is 0 Å². The second-order valence-electron chi connectivity index (χ2n) is 7.92. The molecule has 0 bridgehead atoms.